The molecule has 1 aromatic heterocycles. The fourth-order valence-corrected chi connectivity index (χ4v) is 3.29. The lowest BCUT2D eigenvalue weighted by molar-refractivity contribution is 0.572. The van der Waals surface area contributed by atoms with Gasteiger partial charge < -0.3 is 0 Å². The Morgan fingerprint density at radius 3 is 2.62 bits per heavy atom. The van der Waals surface area contributed by atoms with Crippen LogP contribution in [0.5, 0.6) is 0 Å². The van der Waals surface area contributed by atoms with Crippen molar-refractivity contribution in [3.05, 3.63) is 59.4 Å². The largest absolute Gasteiger partial charge is 0.244 e. The lowest BCUT2D eigenvalue weighted by atomic mass is 9.98. The van der Waals surface area contributed by atoms with Crippen molar-refractivity contribution < 1.29 is 8.42 Å². The Morgan fingerprint density at radius 2 is 1.95 bits per heavy atom. The van der Waals surface area contributed by atoms with Gasteiger partial charge in [0.2, 0.25) is 10.0 Å². The zero-order chi connectivity index (χ0) is 15.3. The smallest absolute Gasteiger partial charge is 0.240 e. The van der Waals surface area contributed by atoms with E-state index in [9.17, 15) is 8.42 Å². The second-order valence-corrected chi connectivity index (χ2v) is 6.97. The van der Waals surface area contributed by atoms with Crippen molar-refractivity contribution in [2.75, 3.05) is 6.54 Å². The molecule has 0 aliphatic rings. The minimum Gasteiger partial charge on any atom is -0.244 e. The van der Waals surface area contributed by atoms with Crippen LogP contribution in [0.3, 0.4) is 0 Å². The van der Waals surface area contributed by atoms with E-state index in [1.165, 1.54) is 23.9 Å². The highest BCUT2D eigenvalue weighted by Gasteiger charge is 2.15. The molecule has 2 aromatic rings. The second-order valence-electron chi connectivity index (χ2n) is 4.81. The summed E-state index contributed by atoms with van der Waals surface area (Å²) in [6, 6.07) is 12.8. The molecule has 2 rings (SSSR count). The van der Waals surface area contributed by atoms with Gasteiger partial charge in [0.25, 0.3) is 0 Å². The number of hydrogen-bond acceptors (Lipinski definition) is 3. The lowest BCUT2D eigenvalue weighted by Gasteiger charge is -2.12. The quantitative estimate of drug-likeness (QED) is 0.830. The number of sulfonamides is 1. The third kappa shape index (κ3) is 4.52. The summed E-state index contributed by atoms with van der Waals surface area (Å²) >= 11 is 5.71. The lowest BCUT2D eigenvalue weighted by Crippen LogP contribution is -2.25. The maximum absolute atomic E-state index is 12.1. The van der Waals surface area contributed by atoms with Crippen LogP contribution >= 0.6 is 11.6 Å². The second kappa shape index (κ2) is 7.02. The molecule has 0 fully saturated rings. The molecule has 1 aromatic carbocycles. The average molecular weight is 325 g/mol. The van der Waals surface area contributed by atoms with Crippen molar-refractivity contribution in [1.29, 1.82) is 0 Å². The summed E-state index contributed by atoms with van der Waals surface area (Å²) in [6.45, 7) is 2.45. The van der Waals surface area contributed by atoms with Crippen LogP contribution in [0.15, 0.2) is 53.6 Å². The first-order chi connectivity index (χ1) is 9.99. The summed E-state index contributed by atoms with van der Waals surface area (Å²) < 4.78 is 26.8. The van der Waals surface area contributed by atoms with E-state index < -0.39 is 10.0 Å². The van der Waals surface area contributed by atoms with Crippen LogP contribution in [0.1, 0.15) is 24.8 Å². The van der Waals surface area contributed by atoms with Gasteiger partial charge in [0, 0.05) is 12.7 Å². The molecule has 0 saturated carbocycles. The molecule has 0 spiro atoms. The molecule has 1 heterocycles. The average Bonchev–Trinajstić information content (AvgIpc) is 2.48. The number of aromatic nitrogens is 1. The first-order valence-corrected chi connectivity index (χ1v) is 8.51. The predicted molar refractivity (Wildman–Crippen MR) is 83.9 cm³/mol. The normalized spacial score (nSPS) is 13.0. The van der Waals surface area contributed by atoms with Gasteiger partial charge in [-0.25, -0.2) is 18.1 Å². The van der Waals surface area contributed by atoms with Crippen LogP contribution in [0.25, 0.3) is 0 Å². The first kappa shape index (κ1) is 15.9. The highest BCUT2D eigenvalue weighted by molar-refractivity contribution is 7.89. The molecule has 0 radical (unpaired) electrons. The summed E-state index contributed by atoms with van der Waals surface area (Å²) in [5.74, 6) is 0.287. The molecular weight excluding hydrogens is 308 g/mol. The number of pyridine rings is 1. The molecule has 112 valence electrons. The molecule has 0 bridgehead atoms. The fraction of sp³-hybridized carbons (Fsp3) is 0.267. The number of benzene rings is 1. The standard InChI is InChI=1S/C15H17ClN2O2S/c1-12(13-5-3-2-4-6-13)7-10-18-21(19,20)14-8-9-17-15(16)11-14/h2-6,8-9,11-12,18H,7,10H2,1H3. The van der Waals surface area contributed by atoms with Crippen molar-refractivity contribution in [1.82, 2.24) is 9.71 Å². The van der Waals surface area contributed by atoms with Gasteiger partial charge in [-0.05, 0) is 30.0 Å². The zero-order valence-corrected chi connectivity index (χ0v) is 13.2. The number of nitrogens with zero attached hydrogens (tertiary/aromatic N) is 1. The molecule has 0 saturated heterocycles. The van der Waals surface area contributed by atoms with Crippen molar-refractivity contribution in [3.8, 4) is 0 Å². The number of nitrogens with one attached hydrogen (secondary N) is 1. The third-order valence-electron chi connectivity index (χ3n) is 3.25. The summed E-state index contributed by atoms with van der Waals surface area (Å²) in [5, 5.41) is 0.163. The topological polar surface area (TPSA) is 59.1 Å². The zero-order valence-electron chi connectivity index (χ0n) is 11.7. The molecule has 0 aliphatic heterocycles. The van der Waals surface area contributed by atoms with Gasteiger partial charge in [-0.2, -0.15) is 0 Å². The van der Waals surface area contributed by atoms with E-state index in [2.05, 4.69) is 16.6 Å². The van der Waals surface area contributed by atoms with E-state index in [4.69, 9.17) is 11.6 Å². The molecular formula is C15H17ClN2O2S. The number of rotatable bonds is 6. The van der Waals surface area contributed by atoms with Crippen molar-refractivity contribution in [2.45, 2.75) is 24.2 Å². The van der Waals surface area contributed by atoms with Crippen molar-refractivity contribution >= 4 is 21.6 Å². The Hall–Kier alpha value is -1.43. The summed E-state index contributed by atoms with van der Waals surface area (Å²) in [7, 11) is -3.54. The highest BCUT2D eigenvalue weighted by Crippen LogP contribution is 2.18. The van der Waals surface area contributed by atoms with E-state index in [0.717, 1.165) is 6.42 Å². The Kier molecular flexibility index (Phi) is 5.33. The van der Waals surface area contributed by atoms with Crippen molar-refractivity contribution in [2.24, 2.45) is 0 Å². The molecule has 1 unspecified atom stereocenters. The van der Waals surface area contributed by atoms with Crippen molar-refractivity contribution in [3.63, 3.8) is 0 Å². The van der Waals surface area contributed by atoms with E-state index in [1.807, 2.05) is 30.3 Å². The fourth-order valence-electron chi connectivity index (χ4n) is 1.99. The molecule has 6 heteroatoms. The van der Waals surface area contributed by atoms with E-state index in [1.54, 1.807) is 0 Å². The SMILES string of the molecule is CC(CCNS(=O)(=O)c1ccnc(Cl)c1)c1ccccc1. The summed E-state index contributed by atoms with van der Waals surface area (Å²) in [4.78, 5) is 3.91. The highest BCUT2D eigenvalue weighted by atomic mass is 35.5. The van der Waals surface area contributed by atoms with E-state index in [-0.39, 0.29) is 16.0 Å². The Balaban J connectivity index is 1.94. The van der Waals surface area contributed by atoms with Gasteiger partial charge in [0.15, 0.2) is 0 Å². The molecule has 1 N–H and O–H groups in total. The van der Waals surface area contributed by atoms with Crippen LogP contribution in [0.2, 0.25) is 5.15 Å². The van der Waals surface area contributed by atoms with Gasteiger partial charge in [-0.1, -0.05) is 48.9 Å². The third-order valence-corrected chi connectivity index (χ3v) is 4.91. The van der Waals surface area contributed by atoms with Gasteiger partial charge >= 0.3 is 0 Å². The monoisotopic (exact) mass is 324 g/mol. The molecule has 0 aliphatic carbocycles. The first-order valence-electron chi connectivity index (χ1n) is 6.65. The minimum absolute atomic E-state index is 0.134. The summed E-state index contributed by atoms with van der Waals surface area (Å²) in [6.07, 6.45) is 2.10. The molecule has 1 atom stereocenters. The van der Waals surface area contributed by atoms with E-state index >= 15 is 0 Å². The molecule has 0 amide bonds. The van der Waals surface area contributed by atoms with Gasteiger partial charge in [0.05, 0.1) is 4.90 Å². The number of halogens is 1. The molecule has 21 heavy (non-hydrogen) atoms. The van der Waals surface area contributed by atoms with Gasteiger partial charge in [-0.3, -0.25) is 0 Å². The Labute approximate surface area is 130 Å². The van der Waals surface area contributed by atoms with Crippen LogP contribution in [-0.2, 0) is 10.0 Å². The van der Waals surface area contributed by atoms with Crippen LogP contribution < -0.4 is 4.72 Å². The Morgan fingerprint density at radius 1 is 1.24 bits per heavy atom. The van der Waals surface area contributed by atoms with Crippen LogP contribution in [0.4, 0.5) is 0 Å². The van der Waals surface area contributed by atoms with Gasteiger partial charge in [-0.15, -0.1) is 0 Å². The maximum atomic E-state index is 12.1. The van der Waals surface area contributed by atoms with Gasteiger partial charge in [0.1, 0.15) is 5.15 Å². The maximum Gasteiger partial charge on any atom is 0.240 e. The van der Waals surface area contributed by atoms with Crippen LogP contribution in [-0.4, -0.2) is 19.9 Å². The number of hydrogen-bond donors (Lipinski definition) is 1. The Bertz CT molecular complexity index is 690. The van der Waals surface area contributed by atoms with E-state index in [0.29, 0.717) is 6.54 Å². The summed E-state index contributed by atoms with van der Waals surface area (Å²) in [5.41, 5.74) is 1.20. The molecule has 4 nitrogen and oxygen atoms in total. The predicted octanol–water partition coefficient (Wildman–Crippen LogP) is 3.21. The minimum atomic E-state index is -3.54. The van der Waals surface area contributed by atoms with Crippen LogP contribution in [0, 0.1) is 0 Å².